The highest BCUT2D eigenvalue weighted by Crippen LogP contribution is 2.27. The molecule has 0 saturated carbocycles. The molecule has 0 atom stereocenters. The fourth-order valence-corrected chi connectivity index (χ4v) is 4.00. The van der Waals surface area contributed by atoms with Crippen LogP contribution in [0.3, 0.4) is 0 Å². The molecule has 7 heteroatoms. The van der Waals surface area contributed by atoms with Gasteiger partial charge in [0.1, 0.15) is 11.5 Å². The molecule has 0 aliphatic carbocycles. The molecule has 160 valence electrons. The summed E-state index contributed by atoms with van der Waals surface area (Å²) in [6.07, 6.45) is 1.26. The first-order valence-corrected chi connectivity index (χ1v) is 10.3. The second-order valence-corrected chi connectivity index (χ2v) is 7.85. The van der Waals surface area contributed by atoms with Gasteiger partial charge in [-0.25, -0.2) is 0 Å². The van der Waals surface area contributed by atoms with E-state index in [1.807, 2.05) is 31.3 Å². The predicted molar refractivity (Wildman–Crippen MR) is 116 cm³/mol. The first kappa shape index (κ1) is 22.0. The third-order valence-corrected chi connectivity index (χ3v) is 5.73. The van der Waals surface area contributed by atoms with E-state index in [1.54, 1.807) is 35.1 Å². The van der Waals surface area contributed by atoms with E-state index in [2.05, 4.69) is 0 Å². The van der Waals surface area contributed by atoms with Crippen LogP contribution in [0.25, 0.3) is 0 Å². The molecule has 1 heterocycles. The van der Waals surface area contributed by atoms with Crippen LogP contribution in [0.5, 0.6) is 11.5 Å². The topological polar surface area (TPSA) is 59.1 Å². The van der Waals surface area contributed by atoms with E-state index in [0.717, 1.165) is 11.3 Å². The number of hydrogen-bond donors (Lipinski definition) is 0. The number of piperidine rings is 1. The molecule has 1 saturated heterocycles. The van der Waals surface area contributed by atoms with Crippen LogP contribution in [-0.2, 0) is 11.3 Å². The SMILES string of the molecule is COc1ccccc1CN(C)C(=O)C1CCN(C(=O)c2cc(Cl)ccc2OC)CC1. The number of halogens is 1. The van der Waals surface area contributed by atoms with E-state index in [9.17, 15) is 9.59 Å². The van der Waals surface area contributed by atoms with Gasteiger partial charge in [-0.3, -0.25) is 9.59 Å². The Morgan fingerprint density at radius 2 is 1.73 bits per heavy atom. The largest absolute Gasteiger partial charge is 0.496 e. The normalized spacial score (nSPS) is 14.3. The van der Waals surface area contributed by atoms with Gasteiger partial charge in [-0.1, -0.05) is 29.8 Å². The Morgan fingerprint density at radius 3 is 2.40 bits per heavy atom. The van der Waals surface area contributed by atoms with Gasteiger partial charge >= 0.3 is 0 Å². The van der Waals surface area contributed by atoms with Crippen molar-refractivity contribution in [3.63, 3.8) is 0 Å². The Kier molecular flexibility index (Phi) is 7.21. The molecular weight excluding hydrogens is 404 g/mol. The molecule has 1 fully saturated rings. The van der Waals surface area contributed by atoms with Gasteiger partial charge in [0, 0.05) is 43.2 Å². The van der Waals surface area contributed by atoms with E-state index >= 15 is 0 Å². The third kappa shape index (κ3) is 4.87. The van der Waals surface area contributed by atoms with Crippen LogP contribution in [-0.4, -0.2) is 56.0 Å². The lowest BCUT2D eigenvalue weighted by molar-refractivity contribution is -0.136. The molecular formula is C23H27ClN2O4. The molecule has 6 nitrogen and oxygen atoms in total. The molecule has 30 heavy (non-hydrogen) atoms. The standard InChI is InChI=1S/C23H27ClN2O4/c1-25(15-17-6-4-5-7-20(17)29-2)22(27)16-10-12-26(13-11-16)23(28)19-14-18(24)8-9-21(19)30-3/h4-9,14,16H,10-13,15H2,1-3H3. The summed E-state index contributed by atoms with van der Waals surface area (Å²) in [7, 11) is 4.97. The summed E-state index contributed by atoms with van der Waals surface area (Å²) in [5.74, 6) is 1.14. The van der Waals surface area contributed by atoms with Gasteiger partial charge in [-0.15, -0.1) is 0 Å². The van der Waals surface area contributed by atoms with E-state index in [0.29, 0.717) is 48.8 Å². The predicted octanol–water partition coefficient (Wildman–Crippen LogP) is 3.87. The van der Waals surface area contributed by atoms with Crippen LogP contribution in [0.1, 0.15) is 28.8 Å². The van der Waals surface area contributed by atoms with Crippen LogP contribution in [0.15, 0.2) is 42.5 Å². The van der Waals surface area contributed by atoms with Crippen molar-refractivity contribution in [1.29, 1.82) is 0 Å². The zero-order valence-electron chi connectivity index (χ0n) is 17.6. The molecule has 2 amide bonds. The van der Waals surface area contributed by atoms with Crippen molar-refractivity contribution in [2.24, 2.45) is 5.92 Å². The second kappa shape index (κ2) is 9.85. The number of rotatable bonds is 6. The summed E-state index contributed by atoms with van der Waals surface area (Å²) in [4.78, 5) is 29.4. The highest BCUT2D eigenvalue weighted by molar-refractivity contribution is 6.31. The maximum Gasteiger partial charge on any atom is 0.257 e. The van der Waals surface area contributed by atoms with Gasteiger partial charge < -0.3 is 19.3 Å². The summed E-state index contributed by atoms with van der Waals surface area (Å²) in [6.45, 7) is 1.53. The first-order chi connectivity index (χ1) is 14.4. The molecule has 3 rings (SSSR count). The van der Waals surface area contributed by atoms with Gasteiger partial charge in [0.2, 0.25) is 5.91 Å². The van der Waals surface area contributed by atoms with Gasteiger partial charge in [0.05, 0.1) is 19.8 Å². The average Bonchev–Trinajstić information content (AvgIpc) is 2.78. The van der Waals surface area contributed by atoms with Gasteiger partial charge in [0.25, 0.3) is 5.91 Å². The maximum atomic E-state index is 12.9. The Hall–Kier alpha value is -2.73. The summed E-state index contributed by atoms with van der Waals surface area (Å²) in [5.41, 5.74) is 1.42. The first-order valence-electron chi connectivity index (χ1n) is 9.94. The van der Waals surface area contributed by atoms with Crippen molar-refractivity contribution in [2.75, 3.05) is 34.4 Å². The molecule has 0 aromatic heterocycles. The number of nitrogens with zero attached hydrogens (tertiary/aromatic N) is 2. The highest BCUT2D eigenvalue weighted by atomic mass is 35.5. The zero-order chi connectivity index (χ0) is 21.7. The van der Waals surface area contributed by atoms with Gasteiger partial charge in [-0.05, 0) is 37.1 Å². The number of carbonyl (C=O) groups excluding carboxylic acids is 2. The molecule has 0 spiro atoms. The highest BCUT2D eigenvalue weighted by Gasteiger charge is 2.30. The number of methoxy groups -OCH3 is 2. The Bertz CT molecular complexity index is 910. The number of hydrogen-bond acceptors (Lipinski definition) is 4. The van der Waals surface area contributed by atoms with Crippen LogP contribution in [0.2, 0.25) is 5.02 Å². The van der Waals surface area contributed by atoms with Crippen molar-refractivity contribution < 1.29 is 19.1 Å². The van der Waals surface area contributed by atoms with Crippen molar-refractivity contribution in [3.05, 3.63) is 58.6 Å². The molecule has 1 aliphatic rings. The van der Waals surface area contributed by atoms with Crippen LogP contribution in [0.4, 0.5) is 0 Å². The molecule has 2 aromatic rings. The van der Waals surface area contributed by atoms with Crippen LogP contribution < -0.4 is 9.47 Å². The minimum absolute atomic E-state index is 0.0911. The summed E-state index contributed by atoms with van der Waals surface area (Å²) in [6, 6.07) is 12.7. The van der Waals surface area contributed by atoms with Gasteiger partial charge in [-0.2, -0.15) is 0 Å². The summed E-state index contributed by atoms with van der Waals surface area (Å²) >= 11 is 6.06. The average molecular weight is 431 g/mol. The second-order valence-electron chi connectivity index (χ2n) is 7.42. The number of amides is 2. The summed E-state index contributed by atoms with van der Waals surface area (Å²) in [5, 5.41) is 0.488. The summed E-state index contributed by atoms with van der Waals surface area (Å²) < 4.78 is 10.7. The number of benzene rings is 2. The molecule has 0 bridgehead atoms. The fourth-order valence-electron chi connectivity index (χ4n) is 3.83. The zero-order valence-corrected chi connectivity index (χ0v) is 18.3. The lowest BCUT2D eigenvalue weighted by Gasteiger charge is -2.33. The Morgan fingerprint density at radius 1 is 1.07 bits per heavy atom. The quantitative estimate of drug-likeness (QED) is 0.698. The third-order valence-electron chi connectivity index (χ3n) is 5.50. The molecule has 1 aliphatic heterocycles. The molecule has 0 N–H and O–H groups in total. The van der Waals surface area contributed by atoms with Crippen LogP contribution in [0, 0.1) is 5.92 Å². The molecule has 0 radical (unpaired) electrons. The number of carbonyl (C=O) groups is 2. The number of ether oxygens (including phenoxy) is 2. The minimum atomic E-state index is -0.123. The Labute approximate surface area is 182 Å². The van der Waals surface area contributed by atoms with E-state index in [1.165, 1.54) is 7.11 Å². The number of para-hydroxylation sites is 1. The minimum Gasteiger partial charge on any atom is -0.496 e. The van der Waals surface area contributed by atoms with Gasteiger partial charge in [0.15, 0.2) is 0 Å². The Balaban J connectivity index is 1.60. The van der Waals surface area contributed by atoms with Crippen LogP contribution >= 0.6 is 11.6 Å². The van der Waals surface area contributed by atoms with Crippen molar-refractivity contribution in [2.45, 2.75) is 19.4 Å². The van der Waals surface area contributed by atoms with E-state index < -0.39 is 0 Å². The van der Waals surface area contributed by atoms with E-state index in [4.69, 9.17) is 21.1 Å². The lowest BCUT2D eigenvalue weighted by atomic mass is 9.94. The van der Waals surface area contributed by atoms with E-state index in [-0.39, 0.29) is 17.7 Å². The lowest BCUT2D eigenvalue weighted by Crippen LogP contribution is -2.43. The molecule has 0 unspecified atom stereocenters. The van der Waals surface area contributed by atoms with Crippen molar-refractivity contribution >= 4 is 23.4 Å². The van der Waals surface area contributed by atoms with Crippen molar-refractivity contribution in [1.82, 2.24) is 9.80 Å². The maximum absolute atomic E-state index is 12.9. The fraction of sp³-hybridized carbons (Fsp3) is 0.391. The van der Waals surface area contributed by atoms with Crippen molar-refractivity contribution in [3.8, 4) is 11.5 Å². The number of likely N-dealkylation sites (tertiary alicyclic amines) is 1. The molecule has 2 aromatic carbocycles. The monoisotopic (exact) mass is 430 g/mol. The smallest absolute Gasteiger partial charge is 0.257 e.